The molecule has 1 saturated heterocycles. The van der Waals surface area contributed by atoms with Crippen molar-refractivity contribution in [3.8, 4) is 5.69 Å². The molecule has 0 unspecified atom stereocenters. The van der Waals surface area contributed by atoms with Gasteiger partial charge in [-0.2, -0.15) is 0 Å². The number of benzene rings is 2. The quantitative estimate of drug-likeness (QED) is 0.276. The molecule has 4 rings (SSSR count). The van der Waals surface area contributed by atoms with E-state index in [0.29, 0.717) is 16.6 Å². The first-order chi connectivity index (χ1) is 16.1. The van der Waals surface area contributed by atoms with Crippen LogP contribution in [0.25, 0.3) is 11.8 Å². The Morgan fingerprint density at radius 3 is 2.24 bits per heavy atom. The van der Waals surface area contributed by atoms with Crippen LogP contribution in [0.3, 0.4) is 0 Å². The average Bonchev–Trinajstić information content (AvgIpc) is 3.06. The molecule has 2 amide bonds. The molecular formula is C27H26ClN3O2S. The molecule has 1 aliphatic heterocycles. The molecule has 1 aliphatic rings. The highest BCUT2D eigenvalue weighted by Gasteiger charge is 2.35. The largest absolute Gasteiger partial charge is 0.318 e. The lowest BCUT2D eigenvalue weighted by Gasteiger charge is -2.29. The van der Waals surface area contributed by atoms with Gasteiger partial charge in [0.15, 0.2) is 5.11 Å². The summed E-state index contributed by atoms with van der Waals surface area (Å²) in [4.78, 5) is 27.4. The van der Waals surface area contributed by atoms with E-state index in [9.17, 15) is 9.59 Å². The maximum absolute atomic E-state index is 13.4. The van der Waals surface area contributed by atoms with Crippen molar-refractivity contribution >= 4 is 52.5 Å². The zero-order valence-electron chi connectivity index (χ0n) is 19.8. The lowest BCUT2D eigenvalue weighted by atomic mass is 10.0. The highest BCUT2D eigenvalue weighted by molar-refractivity contribution is 7.80. The Bertz CT molecular complexity index is 1350. The molecule has 1 fully saturated rings. The highest BCUT2D eigenvalue weighted by atomic mass is 35.5. The van der Waals surface area contributed by atoms with E-state index >= 15 is 0 Å². The van der Waals surface area contributed by atoms with Crippen molar-refractivity contribution in [3.05, 3.63) is 87.2 Å². The molecule has 0 atom stereocenters. The maximum Gasteiger partial charge on any atom is 0.270 e. The van der Waals surface area contributed by atoms with Crippen LogP contribution in [0.5, 0.6) is 0 Å². The van der Waals surface area contributed by atoms with Crippen LogP contribution in [0.2, 0.25) is 5.02 Å². The number of hydrogen-bond donors (Lipinski definition) is 1. The number of nitrogens with one attached hydrogen (secondary N) is 1. The second-order valence-electron chi connectivity index (χ2n) is 8.80. The Labute approximate surface area is 210 Å². The molecule has 1 N–H and O–H groups in total. The number of aryl methyl sites for hydroxylation is 2. The van der Waals surface area contributed by atoms with Crippen LogP contribution in [-0.2, 0) is 9.59 Å². The summed E-state index contributed by atoms with van der Waals surface area (Å²) in [6.45, 7) is 10.2. The Morgan fingerprint density at radius 2 is 1.62 bits per heavy atom. The van der Waals surface area contributed by atoms with Crippen molar-refractivity contribution in [1.29, 1.82) is 0 Å². The van der Waals surface area contributed by atoms with Gasteiger partial charge in [0, 0.05) is 22.1 Å². The SMILES string of the molecule is Cc1ccc(N2C(=O)/C(=C/c3cc(C)n(-c4ccc(C(C)C)cc4)c3C)C(=O)NC2=S)cc1Cl. The van der Waals surface area contributed by atoms with Crippen LogP contribution >= 0.6 is 23.8 Å². The van der Waals surface area contributed by atoms with E-state index in [1.54, 1.807) is 18.2 Å². The average molecular weight is 492 g/mol. The molecule has 0 aliphatic carbocycles. The maximum atomic E-state index is 13.4. The Hall–Kier alpha value is -3.22. The summed E-state index contributed by atoms with van der Waals surface area (Å²) in [6.07, 6.45) is 1.63. The number of thiocarbonyl (C=S) groups is 1. The van der Waals surface area contributed by atoms with E-state index in [1.807, 2.05) is 32.9 Å². The number of nitrogens with zero attached hydrogens (tertiary/aromatic N) is 2. The molecule has 3 aromatic rings. The Kier molecular flexibility index (Phi) is 6.47. The molecule has 174 valence electrons. The van der Waals surface area contributed by atoms with Gasteiger partial charge < -0.3 is 4.57 Å². The van der Waals surface area contributed by atoms with Gasteiger partial charge >= 0.3 is 0 Å². The molecule has 0 bridgehead atoms. The van der Waals surface area contributed by atoms with Crippen LogP contribution in [0.15, 0.2) is 54.1 Å². The summed E-state index contributed by atoms with van der Waals surface area (Å²) in [5, 5.41) is 3.18. The molecule has 7 heteroatoms. The second-order valence-corrected chi connectivity index (χ2v) is 9.59. The first-order valence-electron chi connectivity index (χ1n) is 11.1. The van der Waals surface area contributed by atoms with Crippen LogP contribution in [0.1, 0.15) is 47.8 Å². The number of aromatic nitrogens is 1. The Balaban J connectivity index is 1.73. The second kappa shape index (κ2) is 9.20. The van der Waals surface area contributed by atoms with Gasteiger partial charge in [-0.25, -0.2) is 0 Å². The fourth-order valence-electron chi connectivity index (χ4n) is 4.11. The minimum absolute atomic E-state index is 0.0145. The van der Waals surface area contributed by atoms with Crippen molar-refractivity contribution in [3.63, 3.8) is 0 Å². The van der Waals surface area contributed by atoms with Gasteiger partial charge in [-0.15, -0.1) is 0 Å². The number of anilines is 1. The van der Waals surface area contributed by atoms with Crippen LogP contribution in [0.4, 0.5) is 5.69 Å². The fourth-order valence-corrected chi connectivity index (χ4v) is 4.56. The summed E-state index contributed by atoms with van der Waals surface area (Å²) in [5.74, 6) is -0.551. The first-order valence-corrected chi connectivity index (χ1v) is 11.8. The third-order valence-electron chi connectivity index (χ3n) is 6.10. The lowest BCUT2D eigenvalue weighted by Crippen LogP contribution is -2.54. The predicted octanol–water partition coefficient (Wildman–Crippen LogP) is 6.01. The molecule has 1 aromatic heterocycles. The summed E-state index contributed by atoms with van der Waals surface area (Å²) < 4.78 is 2.11. The molecule has 2 heterocycles. The van der Waals surface area contributed by atoms with Gasteiger partial charge in [-0.05, 0) is 92.0 Å². The summed E-state index contributed by atoms with van der Waals surface area (Å²) in [5.41, 5.74) is 6.43. The number of hydrogen-bond acceptors (Lipinski definition) is 3. The van der Waals surface area contributed by atoms with Gasteiger partial charge in [0.25, 0.3) is 11.8 Å². The van der Waals surface area contributed by atoms with E-state index in [1.165, 1.54) is 10.5 Å². The molecule has 34 heavy (non-hydrogen) atoms. The molecule has 2 aromatic carbocycles. The van der Waals surface area contributed by atoms with Crippen molar-refractivity contribution in [2.45, 2.75) is 40.5 Å². The predicted molar refractivity (Wildman–Crippen MR) is 142 cm³/mol. The molecular weight excluding hydrogens is 466 g/mol. The number of carbonyl (C=O) groups is 2. The zero-order valence-corrected chi connectivity index (χ0v) is 21.3. The molecule has 5 nitrogen and oxygen atoms in total. The van der Waals surface area contributed by atoms with Crippen LogP contribution in [0, 0.1) is 20.8 Å². The van der Waals surface area contributed by atoms with E-state index < -0.39 is 11.8 Å². The number of rotatable bonds is 4. The van der Waals surface area contributed by atoms with Gasteiger partial charge in [-0.1, -0.05) is 43.6 Å². The number of carbonyl (C=O) groups excluding carboxylic acids is 2. The summed E-state index contributed by atoms with van der Waals surface area (Å²) >= 11 is 11.6. The van der Waals surface area contributed by atoms with Crippen molar-refractivity contribution in [1.82, 2.24) is 9.88 Å². The normalized spacial score (nSPS) is 15.4. The minimum atomic E-state index is -0.518. The monoisotopic (exact) mass is 491 g/mol. The summed E-state index contributed by atoms with van der Waals surface area (Å²) in [7, 11) is 0. The van der Waals surface area contributed by atoms with Gasteiger partial charge in [-0.3, -0.25) is 19.8 Å². The Morgan fingerprint density at radius 1 is 0.971 bits per heavy atom. The van der Waals surface area contributed by atoms with E-state index in [2.05, 4.69) is 48.0 Å². The van der Waals surface area contributed by atoms with Crippen molar-refractivity contribution < 1.29 is 9.59 Å². The van der Waals surface area contributed by atoms with Gasteiger partial charge in [0.2, 0.25) is 0 Å². The zero-order chi connectivity index (χ0) is 24.7. The van der Waals surface area contributed by atoms with Crippen molar-refractivity contribution in [2.75, 3.05) is 4.90 Å². The third-order valence-corrected chi connectivity index (χ3v) is 6.80. The number of halogens is 1. The van der Waals surface area contributed by atoms with Crippen molar-refractivity contribution in [2.24, 2.45) is 0 Å². The minimum Gasteiger partial charge on any atom is -0.318 e. The highest BCUT2D eigenvalue weighted by Crippen LogP contribution is 2.29. The van der Waals surface area contributed by atoms with Gasteiger partial charge in [0.05, 0.1) is 5.69 Å². The standard InChI is InChI=1S/C27H26ClN3O2S/c1-15(2)19-7-10-21(11-8-19)30-17(4)12-20(18(30)5)13-23-25(32)29-27(34)31(26(23)33)22-9-6-16(3)24(28)14-22/h6-15H,1-5H3,(H,29,32,34)/b23-13+. The van der Waals surface area contributed by atoms with E-state index in [-0.39, 0.29) is 10.7 Å². The van der Waals surface area contributed by atoms with Gasteiger partial charge in [0.1, 0.15) is 5.57 Å². The molecule has 0 spiro atoms. The smallest absolute Gasteiger partial charge is 0.270 e. The van der Waals surface area contributed by atoms with Crippen LogP contribution in [-0.4, -0.2) is 21.5 Å². The number of amides is 2. The molecule has 0 radical (unpaired) electrons. The van der Waals surface area contributed by atoms with E-state index in [0.717, 1.165) is 28.2 Å². The summed E-state index contributed by atoms with van der Waals surface area (Å²) in [6, 6.07) is 15.6. The third kappa shape index (κ3) is 4.31. The topological polar surface area (TPSA) is 54.3 Å². The molecule has 0 saturated carbocycles. The first kappa shape index (κ1) is 23.9. The fraction of sp³-hybridized carbons (Fsp3) is 0.222. The van der Waals surface area contributed by atoms with E-state index in [4.69, 9.17) is 23.8 Å². The lowest BCUT2D eigenvalue weighted by molar-refractivity contribution is -0.122. The van der Waals surface area contributed by atoms with Crippen LogP contribution < -0.4 is 10.2 Å².